The van der Waals surface area contributed by atoms with Gasteiger partial charge in [0, 0.05) is 22.0 Å². The Morgan fingerprint density at radius 1 is 1.15 bits per heavy atom. The van der Waals surface area contributed by atoms with Crippen molar-refractivity contribution in [3.8, 4) is 11.1 Å². The van der Waals surface area contributed by atoms with Gasteiger partial charge >= 0.3 is 5.97 Å². The SMILES string of the molecule is CCCc1ccc2c(N)c(C(=O)Nc3scc(-c4ccc(C)cc4)c3C(=O)OC(C)C)sc2n1. The minimum atomic E-state index is -0.475. The number of hydrogen-bond acceptors (Lipinski definition) is 7. The highest BCUT2D eigenvalue weighted by atomic mass is 32.1. The molecular formula is C26H27N3O3S2. The molecule has 3 heterocycles. The Morgan fingerprint density at radius 2 is 1.88 bits per heavy atom. The highest BCUT2D eigenvalue weighted by Gasteiger charge is 2.25. The average molecular weight is 494 g/mol. The van der Waals surface area contributed by atoms with E-state index in [2.05, 4.69) is 17.2 Å². The number of anilines is 2. The third kappa shape index (κ3) is 4.83. The van der Waals surface area contributed by atoms with E-state index in [0.717, 1.165) is 45.4 Å². The molecular weight excluding hydrogens is 466 g/mol. The summed E-state index contributed by atoms with van der Waals surface area (Å²) in [6, 6.07) is 11.8. The number of carbonyl (C=O) groups is 2. The van der Waals surface area contributed by atoms with Gasteiger partial charge in [-0.05, 0) is 44.9 Å². The van der Waals surface area contributed by atoms with Crippen LogP contribution in [0.4, 0.5) is 10.7 Å². The second-order valence-corrected chi connectivity index (χ2v) is 10.3. The number of nitrogens with zero attached hydrogens (tertiary/aromatic N) is 1. The van der Waals surface area contributed by atoms with E-state index in [0.29, 0.717) is 21.1 Å². The first-order chi connectivity index (χ1) is 16.3. The molecule has 176 valence electrons. The highest BCUT2D eigenvalue weighted by molar-refractivity contribution is 7.21. The predicted molar refractivity (Wildman–Crippen MR) is 141 cm³/mol. The van der Waals surface area contributed by atoms with Crippen molar-refractivity contribution >= 4 is 55.5 Å². The van der Waals surface area contributed by atoms with Crippen LogP contribution >= 0.6 is 22.7 Å². The van der Waals surface area contributed by atoms with Gasteiger partial charge in [0.1, 0.15) is 20.3 Å². The van der Waals surface area contributed by atoms with E-state index in [9.17, 15) is 9.59 Å². The Bertz CT molecular complexity index is 1350. The second-order valence-electron chi connectivity index (χ2n) is 8.38. The molecule has 0 fully saturated rings. The lowest BCUT2D eigenvalue weighted by molar-refractivity contribution is 0.0380. The van der Waals surface area contributed by atoms with Crippen molar-refractivity contribution in [2.45, 2.75) is 46.6 Å². The first kappa shape index (κ1) is 23.9. The third-order valence-electron chi connectivity index (χ3n) is 5.29. The summed E-state index contributed by atoms with van der Waals surface area (Å²) in [4.78, 5) is 32.0. The lowest BCUT2D eigenvalue weighted by atomic mass is 10.0. The molecule has 34 heavy (non-hydrogen) atoms. The van der Waals surface area contributed by atoms with Gasteiger partial charge in [-0.15, -0.1) is 22.7 Å². The molecule has 0 aliphatic rings. The largest absolute Gasteiger partial charge is 0.459 e. The maximum atomic E-state index is 13.2. The molecule has 0 aliphatic carbocycles. The number of amides is 1. The fourth-order valence-corrected chi connectivity index (χ4v) is 5.59. The van der Waals surface area contributed by atoms with Crippen LogP contribution in [0.2, 0.25) is 0 Å². The summed E-state index contributed by atoms with van der Waals surface area (Å²) in [5.74, 6) is -0.842. The van der Waals surface area contributed by atoms with Gasteiger partial charge in [0.05, 0.1) is 11.8 Å². The fraction of sp³-hybridized carbons (Fsp3) is 0.269. The van der Waals surface area contributed by atoms with Crippen molar-refractivity contribution in [1.82, 2.24) is 4.98 Å². The molecule has 1 amide bonds. The standard InChI is InChI=1S/C26H27N3O3S2/c1-5-6-17-11-12-18-21(27)22(34-24(18)28-17)23(30)29-25-20(26(31)32-14(2)3)19(13-33-25)16-9-7-15(4)8-10-16/h7-14H,5-6,27H2,1-4H3,(H,29,30). The number of aryl methyl sites for hydroxylation is 2. The number of nitrogen functional groups attached to an aromatic ring is 1. The van der Waals surface area contributed by atoms with Gasteiger partial charge < -0.3 is 15.8 Å². The molecule has 1 aromatic carbocycles. The molecule has 3 aromatic heterocycles. The topological polar surface area (TPSA) is 94.3 Å². The number of pyridine rings is 1. The van der Waals surface area contributed by atoms with Gasteiger partial charge in [0.2, 0.25) is 0 Å². The molecule has 6 nitrogen and oxygen atoms in total. The molecule has 0 bridgehead atoms. The summed E-state index contributed by atoms with van der Waals surface area (Å²) in [7, 11) is 0. The van der Waals surface area contributed by atoms with Crippen molar-refractivity contribution in [3.63, 3.8) is 0 Å². The lowest BCUT2D eigenvalue weighted by Gasteiger charge is -2.12. The molecule has 0 saturated carbocycles. The molecule has 0 aliphatic heterocycles. The summed E-state index contributed by atoms with van der Waals surface area (Å²) in [6.45, 7) is 7.70. The third-order valence-corrected chi connectivity index (χ3v) is 7.30. The van der Waals surface area contributed by atoms with Crippen LogP contribution in [-0.2, 0) is 11.2 Å². The van der Waals surface area contributed by atoms with Crippen molar-refractivity contribution < 1.29 is 14.3 Å². The molecule has 0 spiro atoms. The Kier molecular flexibility index (Phi) is 7.00. The number of ether oxygens (including phenoxy) is 1. The van der Waals surface area contributed by atoms with Crippen LogP contribution in [0, 0.1) is 6.92 Å². The Balaban J connectivity index is 1.70. The van der Waals surface area contributed by atoms with Crippen LogP contribution in [-0.4, -0.2) is 23.0 Å². The second kappa shape index (κ2) is 9.95. The van der Waals surface area contributed by atoms with E-state index in [1.54, 1.807) is 13.8 Å². The number of benzene rings is 1. The summed E-state index contributed by atoms with van der Waals surface area (Å²) >= 11 is 2.55. The number of esters is 1. The van der Waals surface area contributed by atoms with Crippen LogP contribution in [0.15, 0.2) is 41.8 Å². The van der Waals surface area contributed by atoms with Crippen molar-refractivity contribution in [2.75, 3.05) is 11.1 Å². The van der Waals surface area contributed by atoms with Crippen molar-refractivity contribution in [1.29, 1.82) is 0 Å². The number of hydrogen-bond donors (Lipinski definition) is 2. The maximum absolute atomic E-state index is 13.2. The number of aromatic nitrogens is 1. The zero-order chi connectivity index (χ0) is 24.4. The van der Waals surface area contributed by atoms with E-state index in [4.69, 9.17) is 10.5 Å². The fourth-order valence-electron chi connectivity index (χ4n) is 3.63. The lowest BCUT2D eigenvalue weighted by Crippen LogP contribution is -2.16. The maximum Gasteiger partial charge on any atom is 0.342 e. The summed E-state index contributed by atoms with van der Waals surface area (Å²) < 4.78 is 5.50. The monoisotopic (exact) mass is 493 g/mol. The Hall–Kier alpha value is -3.23. The summed E-state index contributed by atoms with van der Waals surface area (Å²) in [6.07, 6.45) is 1.57. The number of carbonyl (C=O) groups excluding carboxylic acids is 2. The van der Waals surface area contributed by atoms with E-state index < -0.39 is 5.97 Å². The normalized spacial score (nSPS) is 11.2. The van der Waals surface area contributed by atoms with E-state index in [1.165, 1.54) is 22.7 Å². The van der Waals surface area contributed by atoms with Crippen LogP contribution in [0.1, 0.15) is 58.5 Å². The first-order valence-corrected chi connectivity index (χ1v) is 12.9. The zero-order valence-electron chi connectivity index (χ0n) is 19.6. The number of fused-ring (bicyclic) bond motifs is 1. The van der Waals surface area contributed by atoms with Crippen LogP contribution in [0.5, 0.6) is 0 Å². The van der Waals surface area contributed by atoms with Gasteiger partial charge in [0.25, 0.3) is 5.91 Å². The zero-order valence-corrected chi connectivity index (χ0v) is 21.2. The number of rotatable bonds is 7. The Labute approximate surface area is 206 Å². The minimum absolute atomic E-state index is 0.288. The van der Waals surface area contributed by atoms with E-state index in [1.807, 2.05) is 48.7 Å². The van der Waals surface area contributed by atoms with Gasteiger partial charge in [-0.2, -0.15) is 0 Å². The average Bonchev–Trinajstić information content (AvgIpc) is 3.35. The van der Waals surface area contributed by atoms with Crippen LogP contribution in [0.25, 0.3) is 21.3 Å². The minimum Gasteiger partial charge on any atom is -0.459 e. The molecule has 8 heteroatoms. The van der Waals surface area contributed by atoms with Gasteiger partial charge in [-0.1, -0.05) is 43.2 Å². The molecule has 0 saturated heterocycles. The number of nitrogens with one attached hydrogen (secondary N) is 1. The number of nitrogens with two attached hydrogens (primary N) is 1. The van der Waals surface area contributed by atoms with E-state index >= 15 is 0 Å². The van der Waals surface area contributed by atoms with Crippen molar-refractivity contribution in [2.24, 2.45) is 0 Å². The molecule has 4 aromatic rings. The van der Waals surface area contributed by atoms with Gasteiger partial charge in [-0.25, -0.2) is 9.78 Å². The quantitative estimate of drug-likeness (QED) is 0.280. The molecule has 3 N–H and O–H groups in total. The van der Waals surface area contributed by atoms with Gasteiger partial charge in [-0.3, -0.25) is 4.79 Å². The molecule has 4 rings (SSSR count). The summed E-state index contributed by atoms with van der Waals surface area (Å²) in [5.41, 5.74) is 10.8. The Morgan fingerprint density at radius 3 is 2.56 bits per heavy atom. The van der Waals surface area contributed by atoms with Crippen LogP contribution < -0.4 is 11.1 Å². The molecule has 0 atom stereocenters. The number of thiophene rings is 2. The van der Waals surface area contributed by atoms with E-state index in [-0.39, 0.29) is 12.0 Å². The predicted octanol–water partition coefficient (Wildman–Crippen LogP) is 6.69. The summed E-state index contributed by atoms with van der Waals surface area (Å²) in [5, 5.41) is 5.97. The molecule has 0 radical (unpaired) electrons. The molecule has 0 unspecified atom stereocenters. The van der Waals surface area contributed by atoms with Gasteiger partial charge in [0.15, 0.2) is 0 Å². The van der Waals surface area contributed by atoms with Crippen LogP contribution in [0.3, 0.4) is 0 Å². The highest BCUT2D eigenvalue weighted by Crippen LogP contribution is 2.38. The first-order valence-electron chi connectivity index (χ1n) is 11.2. The smallest absolute Gasteiger partial charge is 0.342 e. The van der Waals surface area contributed by atoms with Crippen molar-refractivity contribution in [3.05, 3.63) is 63.5 Å².